The quantitative estimate of drug-likeness (QED) is 0.453. The minimum Gasteiger partial charge on any atom is -0.480 e. The molecule has 0 aliphatic heterocycles. The van der Waals surface area contributed by atoms with E-state index < -0.39 is 18.1 Å². The summed E-state index contributed by atoms with van der Waals surface area (Å²) < 4.78 is 5.52. The summed E-state index contributed by atoms with van der Waals surface area (Å²) in [6.07, 6.45) is 1.02. The standard InChI is InChI=1S/C27H22N2O4/c30-26(31)24(15-18-8-5-7-17-9-6-14-28-25(17)18)29-27(32)33-16-23-21-12-3-1-10-19(21)20-11-2-4-13-22(20)23/h1-14,23-24H,15-16H2,(H,29,32)(H,30,31). The third-order valence-electron chi connectivity index (χ3n) is 6.07. The molecule has 3 aromatic carbocycles. The summed E-state index contributed by atoms with van der Waals surface area (Å²) in [6, 6.07) is 24.3. The average Bonchev–Trinajstić information content (AvgIpc) is 3.16. The van der Waals surface area contributed by atoms with Crippen molar-refractivity contribution in [3.63, 3.8) is 0 Å². The third-order valence-corrected chi connectivity index (χ3v) is 6.07. The van der Waals surface area contributed by atoms with Crippen molar-refractivity contribution in [2.24, 2.45) is 0 Å². The Morgan fingerprint density at radius 2 is 1.58 bits per heavy atom. The van der Waals surface area contributed by atoms with E-state index in [0.29, 0.717) is 0 Å². The predicted molar refractivity (Wildman–Crippen MR) is 125 cm³/mol. The molecule has 1 heterocycles. The largest absolute Gasteiger partial charge is 0.480 e. The van der Waals surface area contributed by atoms with E-state index in [2.05, 4.69) is 22.4 Å². The van der Waals surface area contributed by atoms with Gasteiger partial charge in [0.15, 0.2) is 0 Å². The first-order valence-electron chi connectivity index (χ1n) is 10.8. The first-order chi connectivity index (χ1) is 16.1. The van der Waals surface area contributed by atoms with Gasteiger partial charge >= 0.3 is 12.1 Å². The van der Waals surface area contributed by atoms with Gasteiger partial charge in [-0.25, -0.2) is 9.59 Å². The summed E-state index contributed by atoms with van der Waals surface area (Å²) in [4.78, 5) is 28.8. The van der Waals surface area contributed by atoms with Gasteiger partial charge in [-0.1, -0.05) is 72.8 Å². The van der Waals surface area contributed by atoms with Crippen LogP contribution in [0.3, 0.4) is 0 Å². The number of aromatic nitrogens is 1. The van der Waals surface area contributed by atoms with Crippen molar-refractivity contribution in [3.8, 4) is 11.1 Å². The molecule has 1 aromatic heterocycles. The number of pyridine rings is 1. The molecule has 1 atom stereocenters. The molecule has 0 saturated heterocycles. The summed E-state index contributed by atoms with van der Waals surface area (Å²) in [7, 11) is 0. The van der Waals surface area contributed by atoms with E-state index in [-0.39, 0.29) is 18.9 Å². The SMILES string of the molecule is O=C(NC(Cc1cccc2cccnc12)C(=O)O)OCC1c2ccccc2-c2ccccc21. The molecule has 2 N–H and O–H groups in total. The molecule has 6 nitrogen and oxygen atoms in total. The van der Waals surface area contributed by atoms with Gasteiger partial charge in [0, 0.05) is 23.9 Å². The molecular weight excluding hydrogens is 416 g/mol. The van der Waals surface area contributed by atoms with Crippen molar-refractivity contribution in [1.82, 2.24) is 10.3 Å². The number of carbonyl (C=O) groups excluding carboxylic acids is 1. The lowest BCUT2D eigenvalue weighted by Crippen LogP contribution is -2.43. The van der Waals surface area contributed by atoms with Gasteiger partial charge in [-0.05, 0) is 33.9 Å². The number of rotatable bonds is 6. The molecule has 0 saturated carbocycles. The Labute approximate surface area is 190 Å². The third kappa shape index (κ3) is 4.03. The van der Waals surface area contributed by atoms with Crippen LogP contribution < -0.4 is 5.32 Å². The van der Waals surface area contributed by atoms with E-state index >= 15 is 0 Å². The number of nitrogens with one attached hydrogen (secondary N) is 1. The molecular formula is C27H22N2O4. The fraction of sp³-hybridized carbons (Fsp3) is 0.148. The summed E-state index contributed by atoms with van der Waals surface area (Å²) in [6.45, 7) is 0.127. The van der Waals surface area contributed by atoms with Crippen LogP contribution in [0.2, 0.25) is 0 Å². The minimum absolute atomic E-state index is 0.0892. The Balaban J connectivity index is 1.29. The Kier molecular flexibility index (Phi) is 5.48. The summed E-state index contributed by atoms with van der Waals surface area (Å²) in [5.41, 5.74) is 5.94. The van der Waals surface area contributed by atoms with E-state index in [1.165, 1.54) is 0 Å². The number of hydrogen-bond acceptors (Lipinski definition) is 4. The molecule has 0 bridgehead atoms. The van der Waals surface area contributed by atoms with Crippen LogP contribution in [-0.4, -0.2) is 34.8 Å². The van der Waals surface area contributed by atoms with Gasteiger partial charge in [0.2, 0.25) is 0 Å². The lowest BCUT2D eigenvalue weighted by molar-refractivity contribution is -0.139. The van der Waals surface area contributed by atoms with Gasteiger partial charge in [0.25, 0.3) is 0 Å². The number of hydrogen-bond donors (Lipinski definition) is 2. The fourth-order valence-corrected chi connectivity index (χ4v) is 4.53. The predicted octanol–water partition coefficient (Wildman–Crippen LogP) is 4.77. The van der Waals surface area contributed by atoms with Crippen LogP contribution in [0, 0.1) is 0 Å². The zero-order valence-electron chi connectivity index (χ0n) is 17.8. The highest BCUT2D eigenvalue weighted by Gasteiger charge is 2.30. The van der Waals surface area contributed by atoms with Crippen molar-refractivity contribution < 1.29 is 19.4 Å². The van der Waals surface area contributed by atoms with Crippen molar-refractivity contribution in [1.29, 1.82) is 0 Å². The maximum Gasteiger partial charge on any atom is 0.407 e. The molecule has 0 spiro atoms. The highest BCUT2D eigenvalue weighted by molar-refractivity contribution is 5.84. The highest BCUT2D eigenvalue weighted by Crippen LogP contribution is 2.44. The van der Waals surface area contributed by atoms with Crippen LogP contribution in [0.4, 0.5) is 4.79 Å². The lowest BCUT2D eigenvalue weighted by Gasteiger charge is -2.18. The maximum absolute atomic E-state index is 12.6. The second kappa shape index (κ2) is 8.74. The number of ether oxygens (including phenoxy) is 1. The Morgan fingerprint density at radius 1 is 0.909 bits per heavy atom. The molecule has 4 aromatic rings. The van der Waals surface area contributed by atoms with E-state index in [9.17, 15) is 14.7 Å². The molecule has 1 unspecified atom stereocenters. The summed E-state index contributed by atoms with van der Waals surface area (Å²) in [5, 5.41) is 13.1. The molecule has 5 rings (SSSR count). The number of para-hydroxylation sites is 1. The molecule has 0 fully saturated rings. The van der Waals surface area contributed by atoms with E-state index in [1.54, 1.807) is 6.20 Å². The van der Waals surface area contributed by atoms with Gasteiger partial charge in [-0.15, -0.1) is 0 Å². The molecule has 1 aliphatic rings. The van der Waals surface area contributed by atoms with Crippen molar-refractivity contribution >= 4 is 23.0 Å². The second-order valence-electron chi connectivity index (χ2n) is 8.06. The van der Waals surface area contributed by atoms with Gasteiger partial charge in [0.1, 0.15) is 12.6 Å². The molecule has 1 amide bonds. The van der Waals surface area contributed by atoms with E-state index in [0.717, 1.165) is 38.7 Å². The summed E-state index contributed by atoms with van der Waals surface area (Å²) in [5.74, 6) is -1.22. The van der Waals surface area contributed by atoms with Crippen LogP contribution in [0.1, 0.15) is 22.6 Å². The van der Waals surface area contributed by atoms with Crippen LogP contribution >= 0.6 is 0 Å². The van der Waals surface area contributed by atoms with Crippen molar-refractivity contribution in [2.75, 3.05) is 6.61 Å². The number of carboxylic acid groups (broad SMARTS) is 1. The number of benzene rings is 3. The summed E-state index contributed by atoms with van der Waals surface area (Å²) >= 11 is 0. The number of carboxylic acids is 1. The Hall–Kier alpha value is -4.19. The second-order valence-corrected chi connectivity index (χ2v) is 8.06. The topological polar surface area (TPSA) is 88.5 Å². The lowest BCUT2D eigenvalue weighted by atomic mass is 9.98. The smallest absolute Gasteiger partial charge is 0.407 e. The molecule has 6 heteroatoms. The Morgan fingerprint density at radius 3 is 2.27 bits per heavy atom. The number of carbonyl (C=O) groups is 2. The van der Waals surface area contributed by atoms with Crippen molar-refractivity contribution in [2.45, 2.75) is 18.4 Å². The Bertz CT molecular complexity index is 1300. The highest BCUT2D eigenvalue weighted by atomic mass is 16.5. The molecule has 1 aliphatic carbocycles. The number of alkyl carbamates (subject to hydrolysis) is 1. The van der Waals surface area contributed by atoms with Crippen LogP contribution in [0.25, 0.3) is 22.0 Å². The van der Waals surface area contributed by atoms with Gasteiger partial charge in [-0.2, -0.15) is 0 Å². The van der Waals surface area contributed by atoms with E-state index in [4.69, 9.17) is 4.74 Å². The first-order valence-corrected chi connectivity index (χ1v) is 10.8. The van der Waals surface area contributed by atoms with Crippen LogP contribution in [0.5, 0.6) is 0 Å². The van der Waals surface area contributed by atoms with Crippen LogP contribution in [-0.2, 0) is 16.0 Å². The number of amides is 1. The molecule has 33 heavy (non-hydrogen) atoms. The first kappa shape index (κ1) is 20.7. The zero-order chi connectivity index (χ0) is 22.8. The maximum atomic E-state index is 12.6. The average molecular weight is 438 g/mol. The number of nitrogens with zero attached hydrogens (tertiary/aromatic N) is 1. The molecule has 164 valence electrons. The molecule has 0 radical (unpaired) electrons. The minimum atomic E-state index is -1.13. The van der Waals surface area contributed by atoms with Crippen LogP contribution in [0.15, 0.2) is 85.1 Å². The van der Waals surface area contributed by atoms with Gasteiger partial charge in [0.05, 0.1) is 5.52 Å². The fourth-order valence-electron chi connectivity index (χ4n) is 4.53. The normalized spacial score (nSPS) is 13.2. The van der Waals surface area contributed by atoms with Crippen molar-refractivity contribution in [3.05, 3.63) is 102 Å². The van der Waals surface area contributed by atoms with E-state index in [1.807, 2.05) is 66.7 Å². The number of aliphatic carboxylic acids is 1. The van der Waals surface area contributed by atoms with Gasteiger partial charge < -0.3 is 15.2 Å². The zero-order valence-corrected chi connectivity index (χ0v) is 17.8. The monoisotopic (exact) mass is 438 g/mol. The van der Waals surface area contributed by atoms with Gasteiger partial charge in [-0.3, -0.25) is 4.98 Å². The number of fused-ring (bicyclic) bond motifs is 4.